The molecule has 0 unspecified atom stereocenters. The predicted molar refractivity (Wildman–Crippen MR) is 66.5 cm³/mol. The van der Waals surface area contributed by atoms with E-state index in [1.807, 2.05) is 0 Å². The molecule has 15 heavy (non-hydrogen) atoms. The van der Waals surface area contributed by atoms with Crippen LogP contribution in [-0.4, -0.2) is 26.1 Å². The van der Waals surface area contributed by atoms with E-state index in [-0.39, 0.29) is 5.04 Å². The summed E-state index contributed by atoms with van der Waals surface area (Å²) in [7, 11) is -1.64. The highest BCUT2D eigenvalue weighted by Gasteiger charge is 2.41. The zero-order valence-electron chi connectivity index (χ0n) is 10.8. The lowest BCUT2D eigenvalue weighted by Gasteiger charge is -2.39. The Labute approximate surface area is 95.2 Å². The van der Waals surface area contributed by atoms with Crippen molar-refractivity contribution in [3.63, 3.8) is 0 Å². The zero-order chi connectivity index (χ0) is 11.7. The molecule has 0 saturated heterocycles. The highest BCUT2D eigenvalue weighted by atomic mass is 28.4. The Morgan fingerprint density at radius 2 is 1.87 bits per heavy atom. The van der Waals surface area contributed by atoms with Gasteiger partial charge in [0.25, 0.3) is 0 Å². The van der Waals surface area contributed by atoms with Crippen LogP contribution in [0.3, 0.4) is 0 Å². The smallest absolute Gasteiger partial charge is 0.192 e. The average Bonchev–Trinajstić information content (AvgIpc) is 2.48. The lowest BCUT2D eigenvalue weighted by atomic mass is 10.1. The van der Waals surface area contributed by atoms with Crippen molar-refractivity contribution in [2.24, 2.45) is 5.92 Å². The molecule has 0 radical (unpaired) electrons. The molecule has 0 aromatic carbocycles. The Hall–Kier alpha value is 0.137. The van der Waals surface area contributed by atoms with Crippen molar-refractivity contribution in [2.75, 3.05) is 6.61 Å². The van der Waals surface area contributed by atoms with Crippen LogP contribution in [0.1, 0.15) is 40.0 Å². The fourth-order valence-electron chi connectivity index (χ4n) is 1.92. The maximum atomic E-state index is 9.27. The van der Waals surface area contributed by atoms with Gasteiger partial charge >= 0.3 is 0 Å². The largest absolute Gasteiger partial charge is 0.414 e. The molecule has 1 aliphatic rings. The summed E-state index contributed by atoms with van der Waals surface area (Å²) in [5.41, 5.74) is 0. The Kier molecular flexibility index (Phi) is 4.01. The summed E-state index contributed by atoms with van der Waals surface area (Å²) >= 11 is 0. The number of aliphatic hydroxyl groups excluding tert-OH is 1. The molecule has 0 bridgehead atoms. The van der Waals surface area contributed by atoms with Gasteiger partial charge in [-0.05, 0) is 31.0 Å². The molecule has 0 amide bonds. The van der Waals surface area contributed by atoms with E-state index in [1.54, 1.807) is 0 Å². The minimum Gasteiger partial charge on any atom is -0.414 e. The van der Waals surface area contributed by atoms with Crippen LogP contribution in [0.25, 0.3) is 0 Å². The van der Waals surface area contributed by atoms with Gasteiger partial charge in [-0.3, -0.25) is 0 Å². The molecule has 0 aliphatic heterocycles. The van der Waals surface area contributed by atoms with Crippen molar-refractivity contribution in [3.8, 4) is 0 Å². The van der Waals surface area contributed by atoms with Crippen molar-refractivity contribution < 1.29 is 9.53 Å². The first-order valence-electron chi connectivity index (χ1n) is 6.06. The summed E-state index contributed by atoms with van der Waals surface area (Å²) in [6.07, 6.45) is 3.80. The van der Waals surface area contributed by atoms with Crippen LogP contribution in [0.2, 0.25) is 18.1 Å². The van der Waals surface area contributed by atoms with E-state index in [1.165, 1.54) is 6.42 Å². The van der Waals surface area contributed by atoms with Crippen molar-refractivity contribution in [1.82, 2.24) is 0 Å². The van der Waals surface area contributed by atoms with Gasteiger partial charge in [0.15, 0.2) is 8.32 Å². The van der Waals surface area contributed by atoms with E-state index in [0.717, 1.165) is 12.8 Å². The highest BCUT2D eigenvalue weighted by molar-refractivity contribution is 6.74. The SMILES string of the molecule is CC(C)(C)[Si](C)(C)O[C@H]1CCC[C@@H]1CO. The fraction of sp³-hybridized carbons (Fsp3) is 1.00. The Morgan fingerprint density at radius 3 is 2.33 bits per heavy atom. The van der Waals surface area contributed by atoms with E-state index < -0.39 is 8.32 Å². The minimum absolute atomic E-state index is 0.273. The summed E-state index contributed by atoms with van der Waals surface area (Å²) in [5, 5.41) is 9.54. The van der Waals surface area contributed by atoms with E-state index in [2.05, 4.69) is 33.9 Å². The Bertz CT molecular complexity index is 208. The first-order chi connectivity index (χ1) is 6.78. The molecule has 2 nitrogen and oxygen atoms in total. The molecule has 0 aromatic rings. The van der Waals surface area contributed by atoms with Crippen molar-refractivity contribution in [2.45, 2.75) is 64.3 Å². The van der Waals surface area contributed by atoms with Crippen molar-refractivity contribution >= 4 is 8.32 Å². The molecule has 1 aliphatic carbocycles. The topological polar surface area (TPSA) is 29.5 Å². The van der Waals surface area contributed by atoms with E-state index in [4.69, 9.17) is 4.43 Å². The van der Waals surface area contributed by atoms with Gasteiger partial charge in [0.1, 0.15) is 0 Å². The van der Waals surface area contributed by atoms with E-state index in [9.17, 15) is 5.11 Å². The molecule has 1 N–H and O–H groups in total. The lowest BCUT2D eigenvalue weighted by molar-refractivity contribution is 0.0981. The summed E-state index contributed by atoms with van der Waals surface area (Å²) in [6.45, 7) is 11.7. The van der Waals surface area contributed by atoms with Crippen LogP contribution >= 0.6 is 0 Å². The van der Waals surface area contributed by atoms with Gasteiger partial charge in [0.2, 0.25) is 0 Å². The number of hydrogen-bond acceptors (Lipinski definition) is 2. The van der Waals surface area contributed by atoms with Crippen LogP contribution in [0, 0.1) is 5.92 Å². The summed E-state index contributed by atoms with van der Waals surface area (Å²) < 4.78 is 6.35. The fourth-order valence-corrected chi connectivity index (χ4v) is 3.34. The van der Waals surface area contributed by atoms with E-state index >= 15 is 0 Å². The van der Waals surface area contributed by atoms with Crippen LogP contribution in [0.15, 0.2) is 0 Å². The zero-order valence-corrected chi connectivity index (χ0v) is 11.8. The second-order valence-corrected chi connectivity index (χ2v) is 11.0. The molecular weight excluding hydrogens is 204 g/mol. The Morgan fingerprint density at radius 1 is 1.27 bits per heavy atom. The van der Waals surface area contributed by atoms with Gasteiger partial charge in [0, 0.05) is 12.5 Å². The summed E-state index contributed by atoms with van der Waals surface area (Å²) in [4.78, 5) is 0. The third kappa shape index (κ3) is 3.05. The Balaban J connectivity index is 2.60. The molecule has 1 rings (SSSR count). The monoisotopic (exact) mass is 230 g/mol. The quantitative estimate of drug-likeness (QED) is 0.755. The van der Waals surface area contributed by atoms with Gasteiger partial charge in [-0.1, -0.05) is 27.2 Å². The molecular formula is C12H26O2Si. The highest BCUT2D eigenvalue weighted by Crippen LogP contribution is 2.40. The normalized spacial score (nSPS) is 28.4. The summed E-state index contributed by atoms with van der Waals surface area (Å²) in [5.74, 6) is 0.388. The standard InChI is InChI=1S/C12H26O2Si/c1-12(2,3)15(4,5)14-11-8-6-7-10(11)9-13/h10-11,13H,6-9H2,1-5H3/t10-,11+/m1/s1. The van der Waals surface area contributed by atoms with Crippen molar-refractivity contribution in [3.05, 3.63) is 0 Å². The molecule has 0 heterocycles. The van der Waals surface area contributed by atoms with Gasteiger partial charge in [-0.15, -0.1) is 0 Å². The number of rotatable bonds is 3. The number of hydrogen-bond donors (Lipinski definition) is 1. The average molecular weight is 230 g/mol. The first-order valence-corrected chi connectivity index (χ1v) is 8.97. The molecule has 2 atom stereocenters. The molecule has 0 aromatic heterocycles. The van der Waals surface area contributed by atoms with Crippen LogP contribution in [0.5, 0.6) is 0 Å². The number of aliphatic hydroxyl groups is 1. The second kappa shape index (κ2) is 4.56. The molecule has 1 saturated carbocycles. The lowest BCUT2D eigenvalue weighted by Crippen LogP contribution is -2.45. The first kappa shape index (κ1) is 13.2. The van der Waals surface area contributed by atoms with Crippen LogP contribution in [-0.2, 0) is 4.43 Å². The van der Waals surface area contributed by atoms with Gasteiger partial charge in [-0.25, -0.2) is 0 Å². The molecule has 90 valence electrons. The second-order valence-electron chi connectivity index (χ2n) is 6.29. The van der Waals surface area contributed by atoms with Gasteiger partial charge in [0.05, 0.1) is 6.10 Å². The third-order valence-electron chi connectivity index (χ3n) is 4.08. The van der Waals surface area contributed by atoms with Crippen molar-refractivity contribution in [1.29, 1.82) is 0 Å². The van der Waals surface area contributed by atoms with Gasteiger partial charge in [-0.2, -0.15) is 0 Å². The predicted octanol–water partition coefficient (Wildman–Crippen LogP) is 3.17. The maximum Gasteiger partial charge on any atom is 0.192 e. The van der Waals surface area contributed by atoms with Crippen LogP contribution in [0.4, 0.5) is 0 Å². The van der Waals surface area contributed by atoms with Gasteiger partial charge < -0.3 is 9.53 Å². The summed E-state index contributed by atoms with van der Waals surface area (Å²) in [6, 6.07) is 0. The maximum absolute atomic E-state index is 9.27. The third-order valence-corrected chi connectivity index (χ3v) is 8.58. The van der Waals surface area contributed by atoms with Crippen LogP contribution < -0.4 is 0 Å². The minimum atomic E-state index is -1.64. The molecule has 3 heteroatoms. The van der Waals surface area contributed by atoms with E-state index in [0.29, 0.717) is 18.6 Å². The molecule has 1 fully saturated rings. The molecule has 0 spiro atoms.